The van der Waals surface area contributed by atoms with Gasteiger partial charge in [-0.15, -0.1) is 0 Å². The maximum absolute atomic E-state index is 11.9. The van der Waals surface area contributed by atoms with E-state index < -0.39 is 6.04 Å². The summed E-state index contributed by atoms with van der Waals surface area (Å²) in [5.74, 6) is 0.00760. The maximum Gasteiger partial charge on any atom is 0.330 e. The van der Waals surface area contributed by atoms with E-state index >= 15 is 0 Å². The quantitative estimate of drug-likeness (QED) is 0.204. The third-order valence-corrected chi connectivity index (χ3v) is 5.65. The zero-order valence-corrected chi connectivity index (χ0v) is 19.4. The number of unbranched alkanes of at least 4 members (excludes halogenated alkanes) is 2. The van der Waals surface area contributed by atoms with Gasteiger partial charge in [-0.25, -0.2) is 4.79 Å². The number of esters is 2. The van der Waals surface area contributed by atoms with Crippen LogP contribution in [0.25, 0.3) is 0 Å². The predicted octanol–water partition coefficient (Wildman–Crippen LogP) is 4.49. The van der Waals surface area contributed by atoms with Crippen molar-refractivity contribution in [2.45, 2.75) is 97.3 Å². The summed E-state index contributed by atoms with van der Waals surface area (Å²) in [6, 6.07) is -0.491. The van der Waals surface area contributed by atoms with E-state index in [1.54, 1.807) is 6.21 Å². The second-order valence-electron chi connectivity index (χ2n) is 8.74. The standard InChI is InChI=1S/C24H41NO5/c1-6-7-8-9-20(30-18(4)26)12-10-19-11-13-23(27)21(19)14-15-25-22(16-17(2)3)24(28)29-5/h10,12,15,17,19-23,27H,6-9,11,13-14,16H2,1-5H3/b12-10+,25-15?/t19-,20-,21+,22-,23?/m0/s1. The van der Waals surface area contributed by atoms with Gasteiger partial charge in [0.05, 0.1) is 13.2 Å². The van der Waals surface area contributed by atoms with Crippen molar-refractivity contribution in [2.75, 3.05) is 7.11 Å². The molecule has 172 valence electrons. The fourth-order valence-electron chi connectivity index (χ4n) is 4.03. The number of methoxy groups -OCH3 is 1. The van der Waals surface area contributed by atoms with E-state index in [-0.39, 0.29) is 36.0 Å². The molecule has 0 aromatic carbocycles. The van der Waals surface area contributed by atoms with E-state index in [0.717, 1.165) is 38.5 Å². The smallest absolute Gasteiger partial charge is 0.330 e. The molecule has 6 nitrogen and oxygen atoms in total. The minimum Gasteiger partial charge on any atom is -0.467 e. The number of hydrogen-bond acceptors (Lipinski definition) is 6. The lowest BCUT2D eigenvalue weighted by Gasteiger charge is -2.19. The summed E-state index contributed by atoms with van der Waals surface area (Å²) >= 11 is 0. The van der Waals surface area contributed by atoms with Crippen LogP contribution < -0.4 is 0 Å². The monoisotopic (exact) mass is 423 g/mol. The molecule has 6 heteroatoms. The Bertz CT molecular complexity index is 572. The van der Waals surface area contributed by atoms with Gasteiger partial charge in [-0.05, 0) is 62.4 Å². The Hall–Kier alpha value is -1.69. The molecule has 0 radical (unpaired) electrons. The van der Waals surface area contributed by atoms with E-state index in [0.29, 0.717) is 18.8 Å². The summed E-state index contributed by atoms with van der Waals surface area (Å²) in [7, 11) is 1.38. The van der Waals surface area contributed by atoms with Crippen molar-refractivity contribution < 1.29 is 24.2 Å². The fraction of sp³-hybridized carbons (Fsp3) is 0.792. The van der Waals surface area contributed by atoms with Gasteiger partial charge in [-0.3, -0.25) is 9.79 Å². The van der Waals surface area contributed by atoms with E-state index in [1.807, 2.05) is 19.9 Å². The predicted molar refractivity (Wildman–Crippen MR) is 119 cm³/mol. The van der Waals surface area contributed by atoms with Crippen molar-refractivity contribution in [3.05, 3.63) is 12.2 Å². The highest BCUT2D eigenvalue weighted by molar-refractivity contribution is 5.78. The number of hydrogen-bond donors (Lipinski definition) is 1. The lowest BCUT2D eigenvalue weighted by molar-refractivity contribution is -0.144. The van der Waals surface area contributed by atoms with E-state index in [9.17, 15) is 14.7 Å². The van der Waals surface area contributed by atoms with E-state index in [2.05, 4.69) is 18.0 Å². The van der Waals surface area contributed by atoms with Crippen molar-refractivity contribution >= 4 is 18.2 Å². The van der Waals surface area contributed by atoms with Crippen molar-refractivity contribution in [3.63, 3.8) is 0 Å². The summed E-state index contributed by atoms with van der Waals surface area (Å²) in [4.78, 5) is 27.8. The number of rotatable bonds is 13. The van der Waals surface area contributed by atoms with Gasteiger partial charge in [-0.1, -0.05) is 39.7 Å². The topological polar surface area (TPSA) is 85.2 Å². The Morgan fingerprint density at radius 2 is 1.97 bits per heavy atom. The molecule has 0 saturated heterocycles. The lowest BCUT2D eigenvalue weighted by atomic mass is 9.91. The Morgan fingerprint density at radius 1 is 1.23 bits per heavy atom. The second-order valence-corrected chi connectivity index (χ2v) is 8.74. The molecule has 1 rings (SSSR count). The van der Waals surface area contributed by atoms with Crippen LogP contribution >= 0.6 is 0 Å². The van der Waals surface area contributed by atoms with Crippen LogP contribution in [0.15, 0.2) is 17.1 Å². The molecule has 0 bridgehead atoms. The molecule has 0 aromatic rings. The summed E-state index contributed by atoms with van der Waals surface area (Å²) in [6.45, 7) is 7.68. The maximum atomic E-state index is 11.9. The average Bonchev–Trinajstić information content (AvgIpc) is 3.03. The largest absolute Gasteiger partial charge is 0.467 e. The van der Waals surface area contributed by atoms with Gasteiger partial charge in [0.1, 0.15) is 12.1 Å². The minimum atomic E-state index is -0.491. The number of carbonyl (C=O) groups is 2. The lowest BCUT2D eigenvalue weighted by Crippen LogP contribution is -2.23. The Labute approximate surface area is 182 Å². The first-order chi connectivity index (χ1) is 14.3. The first-order valence-electron chi connectivity index (χ1n) is 11.4. The number of allylic oxidation sites excluding steroid dienone is 1. The highest BCUT2D eigenvalue weighted by Gasteiger charge is 2.33. The summed E-state index contributed by atoms with van der Waals surface area (Å²) < 4.78 is 10.3. The second kappa shape index (κ2) is 14.3. The molecule has 1 N–H and O–H groups in total. The molecular weight excluding hydrogens is 382 g/mol. The summed E-state index contributed by atoms with van der Waals surface area (Å²) in [5, 5.41) is 10.4. The van der Waals surface area contributed by atoms with Crippen molar-refractivity contribution in [1.29, 1.82) is 0 Å². The molecule has 1 aliphatic rings. The van der Waals surface area contributed by atoms with Gasteiger partial charge in [0.15, 0.2) is 0 Å². The number of ether oxygens (including phenoxy) is 2. The highest BCUT2D eigenvalue weighted by Crippen LogP contribution is 2.35. The highest BCUT2D eigenvalue weighted by atomic mass is 16.5. The number of aliphatic hydroxyl groups excluding tert-OH is 1. The van der Waals surface area contributed by atoms with Crippen LogP contribution in [-0.2, 0) is 19.1 Å². The zero-order valence-electron chi connectivity index (χ0n) is 19.4. The van der Waals surface area contributed by atoms with Crippen LogP contribution in [0.2, 0.25) is 0 Å². The van der Waals surface area contributed by atoms with E-state index in [4.69, 9.17) is 9.47 Å². The number of aliphatic imine (C=N–C) groups is 1. The van der Waals surface area contributed by atoms with Crippen molar-refractivity contribution in [1.82, 2.24) is 0 Å². The normalized spacial score (nSPS) is 23.9. The number of nitrogens with zero attached hydrogens (tertiary/aromatic N) is 1. The molecule has 5 atom stereocenters. The first-order valence-corrected chi connectivity index (χ1v) is 11.4. The Balaban J connectivity index is 2.74. The first kappa shape index (κ1) is 26.3. The van der Waals surface area contributed by atoms with Gasteiger partial charge < -0.3 is 14.6 Å². The molecule has 30 heavy (non-hydrogen) atoms. The number of carbonyl (C=O) groups excluding carboxylic acids is 2. The van der Waals surface area contributed by atoms with Gasteiger partial charge >= 0.3 is 11.9 Å². The Kier molecular flexibility index (Phi) is 12.6. The molecule has 0 heterocycles. The average molecular weight is 424 g/mol. The van der Waals surface area contributed by atoms with Crippen LogP contribution in [0, 0.1) is 17.8 Å². The SMILES string of the molecule is CCCCC[C@@H](/C=C/[C@H]1CCC(O)[C@@H]1CC=N[C@@H](CC(C)C)C(=O)OC)OC(C)=O. The van der Waals surface area contributed by atoms with Gasteiger partial charge in [0.25, 0.3) is 0 Å². The molecule has 1 fully saturated rings. The molecular formula is C24H41NO5. The third kappa shape index (κ3) is 9.88. The third-order valence-electron chi connectivity index (χ3n) is 5.65. The summed E-state index contributed by atoms with van der Waals surface area (Å²) in [5.41, 5.74) is 0. The van der Waals surface area contributed by atoms with Gasteiger partial charge in [0, 0.05) is 13.1 Å². The number of aliphatic hydroxyl groups is 1. The van der Waals surface area contributed by atoms with Gasteiger partial charge in [-0.2, -0.15) is 0 Å². The van der Waals surface area contributed by atoms with E-state index in [1.165, 1.54) is 14.0 Å². The van der Waals surface area contributed by atoms with Crippen molar-refractivity contribution in [3.8, 4) is 0 Å². The molecule has 1 unspecified atom stereocenters. The molecule has 1 aliphatic carbocycles. The fourth-order valence-corrected chi connectivity index (χ4v) is 4.03. The molecule has 0 aliphatic heterocycles. The zero-order chi connectivity index (χ0) is 22.5. The van der Waals surface area contributed by atoms with Crippen molar-refractivity contribution in [2.24, 2.45) is 22.7 Å². The minimum absolute atomic E-state index is 0.0518. The molecule has 0 aromatic heterocycles. The van der Waals surface area contributed by atoms with Crippen LogP contribution in [0.3, 0.4) is 0 Å². The molecule has 0 amide bonds. The van der Waals surface area contributed by atoms with Crippen LogP contribution in [-0.4, -0.2) is 48.6 Å². The van der Waals surface area contributed by atoms with Crippen LogP contribution in [0.5, 0.6) is 0 Å². The Morgan fingerprint density at radius 3 is 2.57 bits per heavy atom. The van der Waals surface area contributed by atoms with Crippen LogP contribution in [0.4, 0.5) is 0 Å². The summed E-state index contributed by atoms with van der Waals surface area (Å²) in [6.07, 6.45) is 12.2. The van der Waals surface area contributed by atoms with Crippen LogP contribution in [0.1, 0.15) is 79.1 Å². The molecule has 1 saturated carbocycles. The van der Waals surface area contributed by atoms with Gasteiger partial charge in [0.2, 0.25) is 0 Å². The molecule has 0 spiro atoms.